The molecule has 0 spiro atoms. The monoisotopic (exact) mass is 224 g/mol. The molecule has 0 aliphatic heterocycles. The molecule has 2 nitrogen and oxygen atoms in total. The lowest BCUT2D eigenvalue weighted by Crippen LogP contribution is -1.93. The van der Waals surface area contributed by atoms with Crippen molar-refractivity contribution in [3.63, 3.8) is 0 Å². The van der Waals surface area contributed by atoms with Crippen molar-refractivity contribution in [2.24, 2.45) is 7.05 Å². The van der Waals surface area contributed by atoms with Gasteiger partial charge in [0, 0.05) is 12.7 Å². The zero-order chi connectivity index (χ0) is 8.59. The summed E-state index contributed by atoms with van der Waals surface area (Å²) >= 11 is 3.04. The minimum atomic E-state index is -2.51. The molecule has 0 aliphatic rings. The number of halogens is 3. The van der Waals surface area contributed by atoms with Crippen LogP contribution in [0.1, 0.15) is 17.8 Å². The maximum atomic E-state index is 12.1. The van der Waals surface area contributed by atoms with Crippen LogP contribution in [0.15, 0.2) is 4.47 Å². The highest BCUT2D eigenvalue weighted by molar-refractivity contribution is 9.10. The van der Waals surface area contributed by atoms with E-state index < -0.39 is 6.43 Å². The number of rotatable bonds is 1. The van der Waals surface area contributed by atoms with E-state index in [1.54, 1.807) is 14.0 Å². The second-order valence-electron chi connectivity index (χ2n) is 2.21. The number of aromatic nitrogens is 2. The quantitative estimate of drug-likeness (QED) is 0.717. The minimum absolute atomic E-state index is 0.190. The standard InChI is InChI=1S/C6H7BrF2N2/c1-3-4(7)5(6(8)9)10-11(3)2/h6H,1-2H3. The highest BCUT2D eigenvalue weighted by Crippen LogP contribution is 2.28. The number of alkyl halides is 2. The van der Waals surface area contributed by atoms with E-state index in [1.165, 1.54) is 4.68 Å². The first-order valence-corrected chi connectivity index (χ1v) is 3.80. The fraction of sp³-hybridized carbons (Fsp3) is 0.500. The van der Waals surface area contributed by atoms with Gasteiger partial charge in [-0.1, -0.05) is 0 Å². The fourth-order valence-corrected chi connectivity index (χ4v) is 1.26. The van der Waals surface area contributed by atoms with E-state index in [1.807, 2.05) is 0 Å². The highest BCUT2D eigenvalue weighted by atomic mass is 79.9. The molecule has 0 N–H and O–H groups in total. The average Bonchev–Trinajstić information content (AvgIpc) is 2.17. The van der Waals surface area contributed by atoms with Crippen LogP contribution in [0.5, 0.6) is 0 Å². The van der Waals surface area contributed by atoms with Crippen molar-refractivity contribution in [1.82, 2.24) is 9.78 Å². The zero-order valence-electron chi connectivity index (χ0n) is 6.11. The topological polar surface area (TPSA) is 17.8 Å². The van der Waals surface area contributed by atoms with Crippen LogP contribution in [0.3, 0.4) is 0 Å². The summed E-state index contributed by atoms with van der Waals surface area (Å²) < 4.78 is 26.1. The van der Waals surface area contributed by atoms with Gasteiger partial charge in [0.25, 0.3) is 6.43 Å². The van der Waals surface area contributed by atoms with Gasteiger partial charge in [-0.3, -0.25) is 4.68 Å². The van der Waals surface area contributed by atoms with Gasteiger partial charge in [-0.05, 0) is 22.9 Å². The molecule has 0 radical (unpaired) electrons. The van der Waals surface area contributed by atoms with Gasteiger partial charge in [0.15, 0.2) is 0 Å². The molecular formula is C6H7BrF2N2. The predicted octanol–water partition coefficient (Wildman–Crippen LogP) is 2.43. The van der Waals surface area contributed by atoms with Gasteiger partial charge in [0.05, 0.1) is 4.47 Å². The van der Waals surface area contributed by atoms with E-state index in [-0.39, 0.29) is 5.69 Å². The van der Waals surface area contributed by atoms with Crippen LogP contribution in [0.4, 0.5) is 8.78 Å². The third-order valence-corrected chi connectivity index (χ3v) is 2.47. The van der Waals surface area contributed by atoms with Gasteiger partial charge in [-0.15, -0.1) is 0 Å². The van der Waals surface area contributed by atoms with Crippen molar-refractivity contribution in [3.05, 3.63) is 15.9 Å². The Bertz CT molecular complexity index is 270. The lowest BCUT2D eigenvalue weighted by atomic mass is 10.4. The van der Waals surface area contributed by atoms with Crippen molar-refractivity contribution >= 4 is 15.9 Å². The predicted molar refractivity (Wildman–Crippen MR) is 40.6 cm³/mol. The molecule has 1 heterocycles. The number of hydrogen-bond acceptors (Lipinski definition) is 1. The second kappa shape index (κ2) is 2.89. The van der Waals surface area contributed by atoms with Gasteiger partial charge in [0.1, 0.15) is 5.69 Å². The molecule has 1 aromatic rings. The Balaban J connectivity index is 3.19. The first-order valence-electron chi connectivity index (χ1n) is 3.01. The fourth-order valence-electron chi connectivity index (χ4n) is 0.747. The van der Waals surface area contributed by atoms with Crippen molar-refractivity contribution in [2.45, 2.75) is 13.3 Å². The Morgan fingerprint density at radius 1 is 1.55 bits per heavy atom. The molecular weight excluding hydrogens is 218 g/mol. The third kappa shape index (κ3) is 1.42. The van der Waals surface area contributed by atoms with E-state index >= 15 is 0 Å². The van der Waals surface area contributed by atoms with Crippen molar-refractivity contribution in [2.75, 3.05) is 0 Å². The minimum Gasteiger partial charge on any atom is -0.271 e. The lowest BCUT2D eigenvalue weighted by molar-refractivity contribution is 0.144. The van der Waals surface area contributed by atoms with Gasteiger partial charge in [-0.25, -0.2) is 8.78 Å². The summed E-state index contributed by atoms with van der Waals surface area (Å²) in [6.45, 7) is 1.73. The SMILES string of the molecule is Cc1c(Br)c(C(F)F)nn1C. The van der Waals surface area contributed by atoms with E-state index in [4.69, 9.17) is 0 Å². The van der Waals surface area contributed by atoms with E-state index in [0.29, 0.717) is 10.2 Å². The summed E-state index contributed by atoms with van der Waals surface area (Å²) in [5.74, 6) is 0. The van der Waals surface area contributed by atoms with Crippen molar-refractivity contribution in [3.8, 4) is 0 Å². The molecule has 0 saturated heterocycles. The molecule has 0 bridgehead atoms. The lowest BCUT2D eigenvalue weighted by Gasteiger charge is -1.91. The maximum Gasteiger partial charge on any atom is 0.283 e. The summed E-state index contributed by atoms with van der Waals surface area (Å²) in [7, 11) is 1.63. The molecule has 0 unspecified atom stereocenters. The zero-order valence-corrected chi connectivity index (χ0v) is 7.69. The summed E-state index contributed by atoms with van der Waals surface area (Å²) in [5, 5.41) is 3.63. The Labute approximate surface area is 71.3 Å². The molecule has 0 aromatic carbocycles. The Hall–Kier alpha value is -0.450. The van der Waals surface area contributed by atoms with Crippen LogP contribution in [0.25, 0.3) is 0 Å². The van der Waals surface area contributed by atoms with Gasteiger partial charge < -0.3 is 0 Å². The molecule has 0 atom stereocenters. The summed E-state index contributed by atoms with van der Waals surface area (Å²) in [6.07, 6.45) is -2.51. The van der Waals surface area contributed by atoms with Crippen LogP contribution in [0.2, 0.25) is 0 Å². The van der Waals surface area contributed by atoms with Gasteiger partial charge in [-0.2, -0.15) is 5.10 Å². The molecule has 5 heteroatoms. The normalized spacial score (nSPS) is 11.1. The Morgan fingerprint density at radius 2 is 2.09 bits per heavy atom. The molecule has 62 valence electrons. The van der Waals surface area contributed by atoms with Crippen molar-refractivity contribution in [1.29, 1.82) is 0 Å². The molecule has 0 amide bonds. The highest BCUT2D eigenvalue weighted by Gasteiger charge is 2.18. The third-order valence-electron chi connectivity index (χ3n) is 1.49. The number of nitrogens with zero attached hydrogens (tertiary/aromatic N) is 2. The van der Waals surface area contributed by atoms with E-state index in [9.17, 15) is 8.78 Å². The second-order valence-corrected chi connectivity index (χ2v) is 3.00. The van der Waals surface area contributed by atoms with Crippen LogP contribution >= 0.6 is 15.9 Å². The Morgan fingerprint density at radius 3 is 2.27 bits per heavy atom. The first-order chi connectivity index (χ1) is 5.04. The number of hydrogen-bond donors (Lipinski definition) is 0. The average molecular weight is 225 g/mol. The summed E-state index contributed by atoms with van der Waals surface area (Å²) in [6, 6.07) is 0. The number of aryl methyl sites for hydroxylation is 1. The first kappa shape index (κ1) is 8.64. The molecule has 1 aromatic heterocycles. The van der Waals surface area contributed by atoms with Crippen LogP contribution in [-0.4, -0.2) is 9.78 Å². The largest absolute Gasteiger partial charge is 0.283 e. The molecule has 0 aliphatic carbocycles. The van der Waals surface area contributed by atoms with Crippen LogP contribution in [-0.2, 0) is 7.05 Å². The molecule has 11 heavy (non-hydrogen) atoms. The summed E-state index contributed by atoms with van der Waals surface area (Å²) in [4.78, 5) is 0. The van der Waals surface area contributed by atoms with Crippen LogP contribution in [0, 0.1) is 6.92 Å². The van der Waals surface area contributed by atoms with Gasteiger partial charge >= 0.3 is 0 Å². The Kier molecular flexibility index (Phi) is 2.27. The maximum absolute atomic E-state index is 12.1. The molecule has 0 fully saturated rings. The molecule has 1 rings (SSSR count). The van der Waals surface area contributed by atoms with E-state index in [2.05, 4.69) is 21.0 Å². The molecule has 0 saturated carbocycles. The van der Waals surface area contributed by atoms with E-state index in [0.717, 1.165) is 0 Å². The summed E-state index contributed by atoms with van der Waals surface area (Å²) in [5.41, 5.74) is 0.519. The van der Waals surface area contributed by atoms with Gasteiger partial charge in [0.2, 0.25) is 0 Å². The van der Waals surface area contributed by atoms with Crippen molar-refractivity contribution < 1.29 is 8.78 Å². The smallest absolute Gasteiger partial charge is 0.271 e. The van der Waals surface area contributed by atoms with Crippen LogP contribution < -0.4 is 0 Å².